The minimum atomic E-state index is -0.547. The van der Waals surface area contributed by atoms with E-state index in [0.717, 1.165) is 17.7 Å². The molecule has 3 rings (SSSR count). The number of hydrogen-bond donors (Lipinski definition) is 2. The normalized spacial score (nSPS) is 17.6. The van der Waals surface area contributed by atoms with E-state index in [-0.39, 0.29) is 43.2 Å². The molecule has 9 heteroatoms. The predicted molar refractivity (Wildman–Crippen MR) is 104 cm³/mol. The summed E-state index contributed by atoms with van der Waals surface area (Å²) in [5, 5.41) is 0. The topological polar surface area (TPSA) is 137 Å². The molecule has 1 saturated heterocycles. The van der Waals surface area contributed by atoms with Gasteiger partial charge in [-0.2, -0.15) is 15.0 Å². The summed E-state index contributed by atoms with van der Waals surface area (Å²) in [7, 11) is 0. The smallest absolute Gasteiger partial charge is 0.311 e. The van der Waals surface area contributed by atoms with Crippen LogP contribution in [0.25, 0.3) is 0 Å². The zero-order chi connectivity index (χ0) is 20.3. The van der Waals surface area contributed by atoms with Crippen molar-refractivity contribution >= 4 is 29.5 Å². The molecule has 9 nitrogen and oxygen atoms in total. The molecule has 1 aromatic heterocycles. The fourth-order valence-corrected chi connectivity index (χ4v) is 3.24. The zero-order valence-electron chi connectivity index (χ0n) is 16.0. The van der Waals surface area contributed by atoms with Crippen molar-refractivity contribution in [1.82, 2.24) is 15.0 Å². The molecule has 0 radical (unpaired) electrons. The third kappa shape index (κ3) is 4.19. The Kier molecular flexibility index (Phi) is 5.72. The number of para-hydroxylation sites is 1. The molecule has 1 aromatic carbocycles. The number of hydrogen-bond acceptors (Lipinski definition) is 8. The minimum absolute atomic E-state index is 0.0394. The van der Waals surface area contributed by atoms with Crippen LogP contribution in [0.1, 0.15) is 44.0 Å². The number of aromatic nitrogens is 3. The van der Waals surface area contributed by atoms with Gasteiger partial charge in [0.15, 0.2) is 12.4 Å². The fraction of sp³-hybridized carbons (Fsp3) is 0.421. The molecule has 0 aliphatic carbocycles. The summed E-state index contributed by atoms with van der Waals surface area (Å²) < 4.78 is 5.27. The van der Waals surface area contributed by atoms with Gasteiger partial charge in [0.05, 0.1) is 5.92 Å². The first kappa shape index (κ1) is 19.5. The number of anilines is 3. The fourth-order valence-electron chi connectivity index (χ4n) is 3.24. The average molecular weight is 384 g/mol. The van der Waals surface area contributed by atoms with Crippen LogP contribution >= 0.6 is 0 Å². The maximum absolute atomic E-state index is 12.6. The Balaban J connectivity index is 1.68. The maximum Gasteiger partial charge on any atom is 0.311 e. The van der Waals surface area contributed by atoms with Crippen LogP contribution in [-0.2, 0) is 20.9 Å². The van der Waals surface area contributed by atoms with Gasteiger partial charge in [-0.3, -0.25) is 9.59 Å². The molecule has 28 heavy (non-hydrogen) atoms. The number of esters is 1. The van der Waals surface area contributed by atoms with Gasteiger partial charge in [-0.1, -0.05) is 32.0 Å². The number of benzene rings is 1. The highest BCUT2D eigenvalue weighted by Gasteiger charge is 2.37. The Hall–Kier alpha value is -3.23. The molecule has 148 valence electrons. The molecule has 0 bridgehead atoms. The molecule has 1 amide bonds. The number of carbonyl (C=O) groups is 2. The van der Waals surface area contributed by atoms with Crippen molar-refractivity contribution in [3.8, 4) is 0 Å². The van der Waals surface area contributed by atoms with Gasteiger partial charge >= 0.3 is 5.97 Å². The number of amides is 1. The van der Waals surface area contributed by atoms with Crippen molar-refractivity contribution in [2.75, 3.05) is 22.9 Å². The van der Waals surface area contributed by atoms with Crippen LogP contribution in [0.3, 0.4) is 0 Å². The highest BCUT2D eigenvalue weighted by molar-refractivity contribution is 6.00. The van der Waals surface area contributed by atoms with E-state index in [2.05, 4.69) is 28.8 Å². The summed E-state index contributed by atoms with van der Waals surface area (Å²) in [5.74, 6) is -0.712. The maximum atomic E-state index is 12.6. The van der Waals surface area contributed by atoms with Crippen LogP contribution in [0.15, 0.2) is 24.3 Å². The molecule has 4 N–H and O–H groups in total. The Morgan fingerprint density at radius 2 is 1.93 bits per heavy atom. The highest BCUT2D eigenvalue weighted by Crippen LogP contribution is 2.33. The van der Waals surface area contributed by atoms with E-state index in [1.54, 1.807) is 4.90 Å². The second-order valence-corrected chi connectivity index (χ2v) is 6.85. The molecule has 0 spiro atoms. The molecule has 0 saturated carbocycles. The van der Waals surface area contributed by atoms with Crippen LogP contribution in [-0.4, -0.2) is 33.4 Å². The number of nitrogens with two attached hydrogens (primary N) is 2. The molecular formula is C19H24N6O3. The lowest BCUT2D eigenvalue weighted by atomic mass is 9.96. The summed E-state index contributed by atoms with van der Waals surface area (Å²) in [5.41, 5.74) is 13.0. The molecule has 2 heterocycles. The first-order valence-electron chi connectivity index (χ1n) is 9.20. The predicted octanol–water partition coefficient (Wildman–Crippen LogP) is 1.65. The van der Waals surface area contributed by atoms with Gasteiger partial charge in [0, 0.05) is 18.7 Å². The van der Waals surface area contributed by atoms with E-state index in [0.29, 0.717) is 5.92 Å². The van der Waals surface area contributed by atoms with Crippen molar-refractivity contribution in [3.63, 3.8) is 0 Å². The SMILES string of the molecule is CC[C@H](C)c1ccccc1N1C[C@H](C(=O)OCc2nc(N)nc(N)n2)CC1=O. The first-order chi connectivity index (χ1) is 13.4. The second kappa shape index (κ2) is 8.20. The quantitative estimate of drug-likeness (QED) is 0.717. The third-order valence-corrected chi connectivity index (χ3v) is 4.89. The van der Waals surface area contributed by atoms with Gasteiger partial charge in [0.1, 0.15) is 0 Å². The van der Waals surface area contributed by atoms with E-state index in [9.17, 15) is 9.59 Å². The average Bonchev–Trinajstić information content (AvgIpc) is 3.06. The Labute approximate surface area is 163 Å². The lowest BCUT2D eigenvalue weighted by Crippen LogP contribution is -2.27. The van der Waals surface area contributed by atoms with E-state index in [4.69, 9.17) is 16.2 Å². The summed E-state index contributed by atoms with van der Waals surface area (Å²) in [6.45, 7) is 4.34. The Morgan fingerprint density at radius 1 is 1.25 bits per heavy atom. The van der Waals surface area contributed by atoms with Crippen LogP contribution < -0.4 is 16.4 Å². The molecule has 1 aliphatic rings. The third-order valence-electron chi connectivity index (χ3n) is 4.89. The molecule has 0 unspecified atom stereocenters. The van der Waals surface area contributed by atoms with Gasteiger partial charge in [-0.15, -0.1) is 0 Å². The molecule has 1 aliphatic heterocycles. The Morgan fingerprint density at radius 3 is 2.61 bits per heavy atom. The lowest BCUT2D eigenvalue weighted by molar-refractivity contribution is -0.149. The second-order valence-electron chi connectivity index (χ2n) is 6.85. The van der Waals surface area contributed by atoms with E-state index >= 15 is 0 Å². The van der Waals surface area contributed by atoms with Crippen LogP contribution in [0, 0.1) is 5.92 Å². The molecule has 1 fully saturated rings. The van der Waals surface area contributed by atoms with Gasteiger partial charge in [-0.05, 0) is 24.0 Å². The molecular weight excluding hydrogens is 360 g/mol. The minimum Gasteiger partial charge on any atom is -0.457 e. The zero-order valence-corrected chi connectivity index (χ0v) is 16.0. The van der Waals surface area contributed by atoms with Crippen molar-refractivity contribution in [1.29, 1.82) is 0 Å². The number of carbonyl (C=O) groups excluding carboxylic acids is 2. The lowest BCUT2D eigenvalue weighted by Gasteiger charge is -2.23. The van der Waals surface area contributed by atoms with Gasteiger partial charge in [0.2, 0.25) is 17.8 Å². The summed E-state index contributed by atoms with van der Waals surface area (Å²) in [6.07, 6.45) is 1.07. The van der Waals surface area contributed by atoms with Gasteiger partial charge < -0.3 is 21.1 Å². The van der Waals surface area contributed by atoms with E-state index in [1.807, 2.05) is 24.3 Å². The molecule has 2 aromatic rings. The van der Waals surface area contributed by atoms with E-state index in [1.165, 1.54) is 0 Å². The number of ether oxygens (including phenoxy) is 1. The Bertz CT molecular complexity index is 867. The monoisotopic (exact) mass is 384 g/mol. The van der Waals surface area contributed by atoms with Gasteiger partial charge in [0.25, 0.3) is 0 Å². The summed E-state index contributed by atoms with van der Waals surface area (Å²) >= 11 is 0. The standard InChI is InChI=1S/C19H24N6O3/c1-3-11(2)13-6-4-5-7-14(13)25-9-12(8-16(25)26)17(27)28-10-15-22-18(20)24-19(21)23-15/h4-7,11-12H,3,8-10H2,1-2H3,(H4,20,21,22,23,24)/t11-,12+/m0/s1. The van der Waals surface area contributed by atoms with Crippen molar-refractivity contribution in [3.05, 3.63) is 35.7 Å². The number of nitrogen functional groups attached to an aromatic ring is 2. The first-order valence-corrected chi connectivity index (χ1v) is 9.20. The van der Waals surface area contributed by atoms with Crippen molar-refractivity contribution in [2.45, 2.75) is 39.2 Å². The highest BCUT2D eigenvalue weighted by atomic mass is 16.5. The van der Waals surface area contributed by atoms with Crippen LogP contribution in [0.5, 0.6) is 0 Å². The summed E-state index contributed by atoms with van der Waals surface area (Å²) in [4.78, 5) is 38.1. The largest absolute Gasteiger partial charge is 0.457 e. The van der Waals surface area contributed by atoms with E-state index < -0.39 is 11.9 Å². The number of rotatable bonds is 6. The van der Waals surface area contributed by atoms with Crippen LogP contribution in [0.2, 0.25) is 0 Å². The van der Waals surface area contributed by atoms with Gasteiger partial charge in [-0.25, -0.2) is 0 Å². The van der Waals surface area contributed by atoms with Crippen LogP contribution in [0.4, 0.5) is 17.6 Å². The molecule has 2 atom stereocenters. The summed E-state index contributed by atoms with van der Waals surface area (Å²) in [6, 6.07) is 7.81. The van der Waals surface area contributed by atoms with Crippen molar-refractivity contribution < 1.29 is 14.3 Å². The van der Waals surface area contributed by atoms with Crippen molar-refractivity contribution in [2.24, 2.45) is 5.92 Å². The number of nitrogens with zero attached hydrogens (tertiary/aromatic N) is 4.